The molecular formula is C26H34FNO6S. The molecule has 192 valence electrons. The fraction of sp³-hybridized carbons (Fsp3) is 0.462. The summed E-state index contributed by atoms with van der Waals surface area (Å²) < 4.78 is 46.7. The van der Waals surface area contributed by atoms with Crippen molar-refractivity contribution >= 4 is 21.8 Å². The molecule has 2 atom stereocenters. The summed E-state index contributed by atoms with van der Waals surface area (Å²) in [5.74, 6) is -2.63. The number of aliphatic carboxylic acids is 1. The van der Waals surface area contributed by atoms with Crippen molar-refractivity contribution in [2.45, 2.75) is 69.9 Å². The summed E-state index contributed by atoms with van der Waals surface area (Å²) in [5, 5.41) is 9.66. The lowest BCUT2D eigenvalue weighted by molar-refractivity contribution is -0.144. The molecule has 0 bridgehead atoms. The Morgan fingerprint density at radius 2 is 2.03 bits per heavy atom. The molecule has 35 heavy (non-hydrogen) atoms. The van der Waals surface area contributed by atoms with E-state index < -0.39 is 39.6 Å². The maximum atomic E-state index is 13.6. The molecule has 9 heteroatoms. The number of carbonyl (C=O) groups excluding carboxylic acids is 1. The van der Waals surface area contributed by atoms with Gasteiger partial charge in [0.2, 0.25) is 10.0 Å². The number of nitrogens with zero attached hydrogens (tertiary/aromatic N) is 1. The minimum atomic E-state index is -4.10. The fourth-order valence-corrected chi connectivity index (χ4v) is 5.61. The average Bonchev–Trinajstić information content (AvgIpc) is 2.80. The number of allylic oxidation sites excluding steroid dienone is 5. The van der Waals surface area contributed by atoms with Crippen molar-refractivity contribution in [1.82, 2.24) is 4.31 Å². The smallest absolute Gasteiger partial charge is 0.307 e. The molecule has 1 aliphatic rings. The van der Waals surface area contributed by atoms with E-state index in [1.807, 2.05) is 26.8 Å². The monoisotopic (exact) mass is 507 g/mol. The third kappa shape index (κ3) is 8.43. The number of carboxylic acids is 1. The highest BCUT2D eigenvalue weighted by atomic mass is 32.2. The Labute approximate surface area is 207 Å². The van der Waals surface area contributed by atoms with Crippen molar-refractivity contribution in [2.24, 2.45) is 5.92 Å². The van der Waals surface area contributed by atoms with Crippen molar-refractivity contribution in [3.05, 3.63) is 66.2 Å². The fourth-order valence-electron chi connectivity index (χ4n) is 3.90. The van der Waals surface area contributed by atoms with Crippen LogP contribution >= 0.6 is 0 Å². The Morgan fingerprint density at radius 1 is 1.29 bits per heavy atom. The molecule has 1 aliphatic heterocycles. The second kappa shape index (κ2) is 13.3. The molecule has 1 heterocycles. The lowest BCUT2D eigenvalue weighted by Crippen LogP contribution is -2.48. The molecule has 0 radical (unpaired) electrons. The molecule has 0 aliphatic carbocycles. The lowest BCUT2D eigenvalue weighted by atomic mass is 9.92. The largest absolute Gasteiger partial charge is 0.491 e. The maximum absolute atomic E-state index is 13.6. The van der Waals surface area contributed by atoms with E-state index >= 15 is 0 Å². The van der Waals surface area contributed by atoms with Crippen LogP contribution in [0.15, 0.2) is 65.3 Å². The number of benzene rings is 1. The second-order valence-corrected chi connectivity index (χ2v) is 10.6. The number of carbonyl (C=O) groups is 2. The molecule has 0 spiro atoms. The van der Waals surface area contributed by atoms with Crippen LogP contribution in [0.3, 0.4) is 0 Å². The molecule has 1 unspecified atom stereocenters. The molecule has 1 N–H and O–H groups in total. The van der Waals surface area contributed by atoms with Gasteiger partial charge in [0, 0.05) is 13.0 Å². The minimum absolute atomic E-state index is 0.0164. The minimum Gasteiger partial charge on any atom is -0.491 e. The van der Waals surface area contributed by atoms with Crippen LogP contribution in [0.1, 0.15) is 52.9 Å². The van der Waals surface area contributed by atoms with Crippen LogP contribution in [0.4, 0.5) is 4.39 Å². The molecule has 1 aromatic carbocycles. The van der Waals surface area contributed by atoms with Crippen molar-refractivity contribution < 1.29 is 32.2 Å². The lowest BCUT2D eigenvalue weighted by Gasteiger charge is -2.34. The van der Waals surface area contributed by atoms with Gasteiger partial charge in [-0.1, -0.05) is 30.7 Å². The Bertz CT molecular complexity index is 1080. The van der Waals surface area contributed by atoms with Gasteiger partial charge in [0.15, 0.2) is 5.78 Å². The molecule has 1 fully saturated rings. The van der Waals surface area contributed by atoms with Crippen molar-refractivity contribution in [1.29, 1.82) is 0 Å². The molecule has 0 aromatic heterocycles. The number of sulfonamides is 1. The third-order valence-corrected chi connectivity index (χ3v) is 7.45. The Hall–Kier alpha value is -2.78. The van der Waals surface area contributed by atoms with E-state index in [4.69, 9.17) is 4.74 Å². The van der Waals surface area contributed by atoms with E-state index in [1.54, 1.807) is 24.3 Å². The summed E-state index contributed by atoms with van der Waals surface area (Å²) in [4.78, 5) is 24.7. The standard InChI is InChI=1S/C26H34FNO6S/c1-4-10-22(34-19(2)3)13-6-5-11-20(26(30)31)17-25(29)24-15-7-8-16-28(24)35(32,33)23-14-9-12-21(27)18-23/h4-6,9-10,12-14,18-20,24H,7-8,11,15-17H2,1-3H3,(H,30,31)/b6-5+,10-4-,22-13+/t20?,24-/m0/s1. The SMILES string of the molecule is C\C=C/C(=C\C=C\CC(CC(=O)[C@@H]1CCCCN1S(=O)(=O)c1cccc(F)c1)C(=O)O)OC(C)C. The Kier molecular flexibility index (Phi) is 10.9. The third-order valence-electron chi connectivity index (χ3n) is 5.54. The van der Waals surface area contributed by atoms with E-state index in [-0.39, 0.29) is 30.4 Å². The van der Waals surface area contributed by atoms with E-state index in [0.29, 0.717) is 25.0 Å². The number of ketones is 1. The highest BCUT2D eigenvalue weighted by molar-refractivity contribution is 7.89. The number of rotatable bonds is 12. The highest BCUT2D eigenvalue weighted by Gasteiger charge is 2.38. The summed E-state index contributed by atoms with van der Waals surface area (Å²) in [6, 6.07) is 3.70. The summed E-state index contributed by atoms with van der Waals surface area (Å²) in [7, 11) is -4.10. The van der Waals surface area contributed by atoms with Crippen molar-refractivity contribution in [2.75, 3.05) is 6.54 Å². The number of hydrogen-bond acceptors (Lipinski definition) is 5. The zero-order chi connectivity index (χ0) is 26.0. The van der Waals surface area contributed by atoms with Crippen LogP contribution in [-0.4, -0.2) is 48.3 Å². The van der Waals surface area contributed by atoms with Gasteiger partial charge < -0.3 is 9.84 Å². The number of hydrogen-bond donors (Lipinski definition) is 1. The quantitative estimate of drug-likeness (QED) is 0.320. The predicted molar refractivity (Wildman–Crippen MR) is 132 cm³/mol. The normalized spacial score (nSPS) is 18.9. The second-order valence-electron chi connectivity index (χ2n) is 8.69. The van der Waals surface area contributed by atoms with Crippen molar-refractivity contribution in [3.8, 4) is 0 Å². The number of piperidine rings is 1. The zero-order valence-electron chi connectivity index (χ0n) is 20.4. The molecule has 1 aromatic rings. The van der Waals surface area contributed by atoms with Gasteiger partial charge in [-0.3, -0.25) is 9.59 Å². The number of Topliss-reactive ketones (excluding diaryl/α,β-unsaturated/α-hetero) is 1. The first-order chi connectivity index (χ1) is 16.6. The summed E-state index contributed by atoms with van der Waals surface area (Å²) >= 11 is 0. The van der Waals surface area contributed by atoms with Crippen LogP contribution in [-0.2, 0) is 24.3 Å². The van der Waals surface area contributed by atoms with Gasteiger partial charge in [0.25, 0.3) is 0 Å². The first-order valence-corrected chi connectivity index (χ1v) is 13.2. The Morgan fingerprint density at radius 3 is 2.66 bits per heavy atom. The molecule has 0 saturated carbocycles. The highest BCUT2D eigenvalue weighted by Crippen LogP contribution is 2.28. The van der Waals surface area contributed by atoms with Crippen LogP contribution in [0, 0.1) is 11.7 Å². The summed E-state index contributed by atoms with van der Waals surface area (Å²) in [6.45, 7) is 5.78. The first-order valence-electron chi connectivity index (χ1n) is 11.7. The molecule has 1 saturated heterocycles. The zero-order valence-corrected chi connectivity index (χ0v) is 21.2. The van der Waals surface area contributed by atoms with Gasteiger partial charge in [-0.2, -0.15) is 4.31 Å². The van der Waals surface area contributed by atoms with Crippen LogP contribution in [0.5, 0.6) is 0 Å². The van der Waals surface area contributed by atoms with E-state index in [0.717, 1.165) is 16.4 Å². The van der Waals surface area contributed by atoms with E-state index in [2.05, 4.69) is 0 Å². The van der Waals surface area contributed by atoms with Gasteiger partial charge in [0.1, 0.15) is 11.6 Å². The molecule has 2 rings (SSSR count). The Balaban J connectivity index is 2.15. The number of carboxylic acid groups (broad SMARTS) is 1. The van der Waals surface area contributed by atoms with E-state index in [1.165, 1.54) is 12.1 Å². The van der Waals surface area contributed by atoms with E-state index in [9.17, 15) is 27.5 Å². The first kappa shape index (κ1) is 28.5. The topological polar surface area (TPSA) is 101 Å². The number of halogens is 1. The maximum Gasteiger partial charge on any atom is 0.307 e. The average molecular weight is 508 g/mol. The molecule has 0 amide bonds. The van der Waals surface area contributed by atoms with Gasteiger partial charge in [-0.25, -0.2) is 12.8 Å². The van der Waals surface area contributed by atoms with Gasteiger partial charge in [0.05, 0.1) is 23.0 Å². The number of ether oxygens (including phenoxy) is 1. The molecular weight excluding hydrogens is 473 g/mol. The summed E-state index contributed by atoms with van der Waals surface area (Å²) in [5.41, 5.74) is 0. The van der Waals surface area contributed by atoms with Gasteiger partial charge in [-0.15, -0.1) is 0 Å². The van der Waals surface area contributed by atoms with Gasteiger partial charge in [-0.05, 0) is 70.4 Å². The van der Waals surface area contributed by atoms with Crippen LogP contribution in [0.25, 0.3) is 0 Å². The van der Waals surface area contributed by atoms with Crippen LogP contribution in [0.2, 0.25) is 0 Å². The molecule has 7 nitrogen and oxygen atoms in total. The van der Waals surface area contributed by atoms with Crippen molar-refractivity contribution in [3.63, 3.8) is 0 Å². The predicted octanol–water partition coefficient (Wildman–Crippen LogP) is 4.86. The summed E-state index contributed by atoms with van der Waals surface area (Å²) in [6.07, 6.45) is 9.98. The van der Waals surface area contributed by atoms with Gasteiger partial charge >= 0.3 is 5.97 Å². The van der Waals surface area contributed by atoms with Crippen LogP contribution < -0.4 is 0 Å².